The van der Waals surface area contributed by atoms with Crippen LogP contribution in [0.3, 0.4) is 0 Å². The summed E-state index contributed by atoms with van der Waals surface area (Å²) in [4.78, 5) is 14.8. The predicted molar refractivity (Wildman–Crippen MR) is 93.7 cm³/mol. The zero-order valence-corrected chi connectivity index (χ0v) is 14.2. The first-order chi connectivity index (χ1) is 11.1. The van der Waals surface area contributed by atoms with Crippen LogP contribution in [-0.2, 0) is 6.54 Å². The molecule has 0 fully saturated rings. The van der Waals surface area contributed by atoms with Gasteiger partial charge in [0.15, 0.2) is 0 Å². The molecule has 0 aliphatic carbocycles. The molecule has 0 saturated carbocycles. The second kappa shape index (κ2) is 6.49. The van der Waals surface area contributed by atoms with Gasteiger partial charge in [0, 0.05) is 30.7 Å². The molecule has 122 valence electrons. The van der Waals surface area contributed by atoms with E-state index in [1.165, 1.54) is 11.3 Å². The average Bonchev–Trinajstić information content (AvgIpc) is 3.01. The normalized spacial score (nSPS) is 17.0. The van der Waals surface area contributed by atoms with E-state index in [9.17, 15) is 4.79 Å². The Morgan fingerprint density at radius 1 is 1.22 bits per heavy atom. The fourth-order valence-electron chi connectivity index (χ4n) is 3.36. The maximum Gasteiger partial charge on any atom is 0.322 e. The summed E-state index contributed by atoms with van der Waals surface area (Å²) in [5.74, 6) is 0. The Morgan fingerprint density at radius 2 is 2.04 bits per heavy atom. The molecule has 2 amide bonds. The van der Waals surface area contributed by atoms with E-state index in [1.807, 2.05) is 17.0 Å². The fourth-order valence-corrected chi connectivity index (χ4v) is 3.36. The highest BCUT2D eigenvalue weighted by Gasteiger charge is 2.30. The van der Waals surface area contributed by atoms with Crippen molar-refractivity contribution in [2.45, 2.75) is 46.2 Å². The molecule has 1 aromatic heterocycles. The van der Waals surface area contributed by atoms with Crippen molar-refractivity contribution in [2.75, 3.05) is 11.9 Å². The van der Waals surface area contributed by atoms with Crippen LogP contribution in [0.5, 0.6) is 0 Å². The second-order valence-electron chi connectivity index (χ2n) is 6.30. The van der Waals surface area contributed by atoms with Crippen LogP contribution in [0.15, 0.2) is 36.5 Å². The van der Waals surface area contributed by atoms with Crippen LogP contribution < -0.4 is 5.32 Å². The average molecular weight is 311 g/mol. The monoisotopic (exact) mass is 311 g/mol. The number of carbonyl (C=O) groups excluding carboxylic acids is 1. The van der Waals surface area contributed by atoms with E-state index < -0.39 is 0 Å². The molecule has 1 N–H and O–H groups in total. The number of urea groups is 1. The van der Waals surface area contributed by atoms with Crippen molar-refractivity contribution in [1.29, 1.82) is 0 Å². The standard InChI is InChI=1S/C19H25N3O/c1-4-7-18-17-10-6-11-21(17)12-13-22(18)19(23)20-16-9-5-8-14(2)15(16)3/h5-6,8-11,18H,4,7,12-13H2,1-3H3,(H,20,23)/t18-/m1/s1. The summed E-state index contributed by atoms with van der Waals surface area (Å²) < 4.78 is 2.27. The number of carbonyl (C=O) groups is 1. The van der Waals surface area contributed by atoms with Crippen LogP contribution >= 0.6 is 0 Å². The van der Waals surface area contributed by atoms with Gasteiger partial charge in [0.2, 0.25) is 0 Å². The zero-order valence-electron chi connectivity index (χ0n) is 14.2. The molecule has 4 nitrogen and oxygen atoms in total. The van der Waals surface area contributed by atoms with Crippen LogP contribution in [0, 0.1) is 13.8 Å². The van der Waals surface area contributed by atoms with Crippen LogP contribution in [0.25, 0.3) is 0 Å². The summed E-state index contributed by atoms with van der Waals surface area (Å²) in [5, 5.41) is 3.11. The number of aromatic nitrogens is 1. The summed E-state index contributed by atoms with van der Waals surface area (Å²) in [6.07, 6.45) is 4.16. The highest BCUT2D eigenvalue weighted by Crippen LogP contribution is 2.31. The SMILES string of the molecule is CCC[C@@H]1c2cccn2CCN1C(=O)Nc1cccc(C)c1C. The van der Waals surface area contributed by atoms with E-state index in [4.69, 9.17) is 0 Å². The Morgan fingerprint density at radius 3 is 2.83 bits per heavy atom. The predicted octanol–water partition coefficient (Wildman–Crippen LogP) is 4.49. The van der Waals surface area contributed by atoms with Crippen molar-refractivity contribution >= 4 is 11.7 Å². The van der Waals surface area contributed by atoms with Crippen LogP contribution in [-0.4, -0.2) is 22.0 Å². The van der Waals surface area contributed by atoms with E-state index in [-0.39, 0.29) is 12.1 Å². The highest BCUT2D eigenvalue weighted by atomic mass is 16.2. The number of anilines is 1. The highest BCUT2D eigenvalue weighted by molar-refractivity contribution is 5.90. The minimum Gasteiger partial charge on any atom is -0.348 e. The minimum atomic E-state index is 0.00426. The van der Waals surface area contributed by atoms with Gasteiger partial charge in [-0.2, -0.15) is 0 Å². The minimum absolute atomic E-state index is 0.00426. The van der Waals surface area contributed by atoms with Gasteiger partial charge in [-0.1, -0.05) is 25.5 Å². The lowest BCUT2D eigenvalue weighted by Gasteiger charge is -2.37. The summed E-state index contributed by atoms with van der Waals surface area (Å²) in [5.41, 5.74) is 4.48. The number of nitrogens with zero attached hydrogens (tertiary/aromatic N) is 2. The number of hydrogen-bond acceptors (Lipinski definition) is 1. The Labute approximate surface area is 138 Å². The largest absolute Gasteiger partial charge is 0.348 e. The van der Waals surface area contributed by atoms with Gasteiger partial charge < -0.3 is 14.8 Å². The van der Waals surface area contributed by atoms with Crippen LogP contribution in [0.1, 0.15) is 42.6 Å². The van der Waals surface area contributed by atoms with Gasteiger partial charge in [0.05, 0.1) is 6.04 Å². The van der Waals surface area contributed by atoms with Gasteiger partial charge in [-0.15, -0.1) is 0 Å². The zero-order chi connectivity index (χ0) is 16.4. The van der Waals surface area contributed by atoms with Crippen molar-refractivity contribution in [2.24, 2.45) is 0 Å². The van der Waals surface area contributed by atoms with Gasteiger partial charge in [0.1, 0.15) is 0 Å². The first-order valence-corrected chi connectivity index (χ1v) is 8.40. The molecule has 0 radical (unpaired) electrons. The number of nitrogens with one attached hydrogen (secondary N) is 1. The van der Waals surface area contributed by atoms with Gasteiger partial charge in [-0.3, -0.25) is 0 Å². The second-order valence-corrected chi connectivity index (χ2v) is 6.30. The smallest absolute Gasteiger partial charge is 0.322 e. The molecule has 2 aromatic rings. The summed E-state index contributed by atoms with van der Waals surface area (Å²) in [7, 11) is 0. The van der Waals surface area contributed by atoms with Gasteiger partial charge in [0.25, 0.3) is 0 Å². The molecule has 3 rings (SSSR count). The van der Waals surface area contributed by atoms with E-state index in [0.29, 0.717) is 0 Å². The van der Waals surface area contributed by atoms with Gasteiger partial charge in [-0.05, 0) is 49.6 Å². The molecule has 0 bridgehead atoms. The number of aryl methyl sites for hydroxylation is 1. The topological polar surface area (TPSA) is 37.3 Å². The van der Waals surface area contributed by atoms with Gasteiger partial charge >= 0.3 is 6.03 Å². The molecule has 1 aliphatic heterocycles. The fraction of sp³-hybridized carbons (Fsp3) is 0.421. The number of amides is 2. The summed E-state index contributed by atoms with van der Waals surface area (Å²) in [6.45, 7) is 7.91. The Bertz CT molecular complexity index is 704. The molecule has 1 aliphatic rings. The summed E-state index contributed by atoms with van der Waals surface area (Å²) >= 11 is 0. The maximum absolute atomic E-state index is 12.9. The molecule has 23 heavy (non-hydrogen) atoms. The molecular weight excluding hydrogens is 286 g/mol. The van der Waals surface area contributed by atoms with E-state index in [0.717, 1.165) is 37.2 Å². The number of hydrogen-bond donors (Lipinski definition) is 1. The van der Waals surface area contributed by atoms with Crippen molar-refractivity contribution < 1.29 is 4.79 Å². The summed E-state index contributed by atoms with van der Waals surface area (Å²) in [6, 6.07) is 10.4. The number of fused-ring (bicyclic) bond motifs is 1. The molecule has 0 spiro atoms. The first-order valence-electron chi connectivity index (χ1n) is 8.40. The van der Waals surface area contributed by atoms with Crippen molar-refractivity contribution in [1.82, 2.24) is 9.47 Å². The van der Waals surface area contributed by atoms with Crippen molar-refractivity contribution in [3.05, 3.63) is 53.3 Å². The Kier molecular flexibility index (Phi) is 4.42. The van der Waals surface area contributed by atoms with Crippen molar-refractivity contribution in [3.63, 3.8) is 0 Å². The molecular formula is C19H25N3O. The maximum atomic E-state index is 12.9. The lowest BCUT2D eigenvalue weighted by Crippen LogP contribution is -2.44. The quantitative estimate of drug-likeness (QED) is 0.890. The molecule has 1 atom stereocenters. The molecule has 0 saturated heterocycles. The third kappa shape index (κ3) is 2.98. The Balaban J connectivity index is 1.82. The lowest BCUT2D eigenvalue weighted by atomic mass is 10.0. The van der Waals surface area contributed by atoms with E-state index in [1.54, 1.807) is 0 Å². The third-order valence-corrected chi connectivity index (χ3v) is 4.83. The molecule has 0 unspecified atom stereocenters. The lowest BCUT2D eigenvalue weighted by molar-refractivity contribution is 0.163. The molecule has 2 heterocycles. The van der Waals surface area contributed by atoms with Crippen LogP contribution in [0.2, 0.25) is 0 Å². The van der Waals surface area contributed by atoms with E-state index >= 15 is 0 Å². The van der Waals surface area contributed by atoms with Gasteiger partial charge in [-0.25, -0.2) is 4.79 Å². The van der Waals surface area contributed by atoms with Crippen molar-refractivity contribution in [3.8, 4) is 0 Å². The third-order valence-electron chi connectivity index (χ3n) is 4.83. The molecule has 4 heteroatoms. The van der Waals surface area contributed by atoms with E-state index in [2.05, 4.69) is 55.1 Å². The van der Waals surface area contributed by atoms with Crippen LogP contribution in [0.4, 0.5) is 10.5 Å². The first kappa shape index (κ1) is 15.7. The number of benzene rings is 1. The number of rotatable bonds is 3. The molecule has 1 aromatic carbocycles. The Hall–Kier alpha value is -2.23.